The van der Waals surface area contributed by atoms with Crippen molar-refractivity contribution in [3.05, 3.63) is 11.8 Å². The SMILES string of the molecule is CCOC(=O)c1cnn(CCN2C[C@H](C)OC(C)(C)C2)c1N. The summed E-state index contributed by atoms with van der Waals surface area (Å²) < 4.78 is 12.5. The number of nitrogens with zero attached hydrogens (tertiary/aromatic N) is 3. The molecule has 1 aliphatic heterocycles. The van der Waals surface area contributed by atoms with E-state index in [-0.39, 0.29) is 11.7 Å². The van der Waals surface area contributed by atoms with Crippen molar-refractivity contribution in [1.29, 1.82) is 0 Å². The van der Waals surface area contributed by atoms with Gasteiger partial charge in [0.25, 0.3) is 0 Å². The first-order valence-corrected chi connectivity index (χ1v) is 7.71. The Morgan fingerprint density at radius 3 is 2.91 bits per heavy atom. The molecule has 0 bridgehead atoms. The van der Waals surface area contributed by atoms with Crippen LogP contribution in [0.3, 0.4) is 0 Å². The van der Waals surface area contributed by atoms with Crippen LogP contribution in [0.1, 0.15) is 38.1 Å². The quantitative estimate of drug-likeness (QED) is 0.821. The number of esters is 1. The van der Waals surface area contributed by atoms with E-state index in [0.29, 0.717) is 24.5 Å². The molecule has 124 valence electrons. The summed E-state index contributed by atoms with van der Waals surface area (Å²) in [7, 11) is 0. The van der Waals surface area contributed by atoms with Crippen LogP contribution in [0.5, 0.6) is 0 Å². The highest BCUT2D eigenvalue weighted by Crippen LogP contribution is 2.21. The molecular formula is C15H26N4O3. The van der Waals surface area contributed by atoms with E-state index in [4.69, 9.17) is 15.2 Å². The van der Waals surface area contributed by atoms with Crippen LogP contribution in [0.4, 0.5) is 5.82 Å². The molecule has 22 heavy (non-hydrogen) atoms. The Hall–Kier alpha value is -1.60. The van der Waals surface area contributed by atoms with E-state index in [0.717, 1.165) is 19.6 Å². The zero-order chi connectivity index (χ0) is 16.3. The molecule has 2 N–H and O–H groups in total. The van der Waals surface area contributed by atoms with Crippen LogP contribution in [0.2, 0.25) is 0 Å². The number of nitrogens with two attached hydrogens (primary N) is 1. The fourth-order valence-corrected chi connectivity index (χ4v) is 2.93. The summed E-state index contributed by atoms with van der Waals surface area (Å²) >= 11 is 0. The summed E-state index contributed by atoms with van der Waals surface area (Å²) in [5.74, 6) is -0.0635. The van der Waals surface area contributed by atoms with Crippen molar-refractivity contribution < 1.29 is 14.3 Å². The normalized spacial score (nSPS) is 21.7. The summed E-state index contributed by atoms with van der Waals surface area (Å²) in [6.45, 7) is 11.5. The number of carbonyl (C=O) groups is 1. The molecule has 1 aromatic heterocycles. The second-order valence-electron chi connectivity index (χ2n) is 6.31. The van der Waals surface area contributed by atoms with Gasteiger partial charge in [-0.2, -0.15) is 5.10 Å². The minimum atomic E-state index is -0.424. The molecule has 2 rings (SSSR count). The minimum Gasteiger partial charge on any atom is -0.462 e. The first kappa shape index (κ1) is 16.8. The lowest BCUT2D eigenvalue weighted by Gasteiger charge is -2.41. The van der Waals surface area contributed by atoms with Gasteiger partial charge in [-0.05, 0) is 27.7 Å². The number of rotatable bonds is 5. The lowest BCUT2D eigenvalue weighted by molar-refractivity contribution is -0.129. The highest BCUT2D eigenvalue weighted by atomic mass is 16.5. The number of ether oxygens (including phenoxy) is 2. The highest BCUT2D eigenvalue weighted by molar-refractivity contribution is 5.93. The van der Waals surface area contributed by atoms with Crippen LogP contribution < -0.4 is 5.73 Å². The fraction of sp³-hybridized carbons (Fsp3) is 0.733. The molecule has 0 spiro atoms. The zero-order valence-corrected chi connectivity index (χ0v) is 13.8. The van der Waals surface area contributed by atoms with Gasteiger partial charge < -0.3 is 15.2 Å². The van der Waals surface area contributed by atoms with Gasteiger partial charge >= 0.3 is 5.97 Å². The monoisotopic (exact) mass is 310 g/mol. The smallest absolute Gasteiger partial charge is 0.343 e. The highest BCUT2D eigenvalue weighted by Gasteiger charge is 2.31. The predicted molar refractivity (Wildman–Crippen MR) is 83.7 cm³/mol. The Morgan fingerprint density at radius 2 is 2.27 bits per heavy atom. The molecule has 0 amide bonds. The summed E-state index contributed by atoms with van der Waals surface area (Å²) in [6, 6.07) is 0. The number of anilines is 1. The van der Waals surface area contributed by atoms with E-state index in [1.54, 1.807) is 11.6 Å². The summed E-state index contributed by atoms with van der Waals surface area (Å²) in [6.07, 6.45) is 1.67. The van der Waals surface area contributed by atoms with Gasteiger partial charge in [0.15, 0.2) is 0 Å². The molecule has 0 aromatic carbocycles. The number of carbonyl (C=O) groups excluding carboxylic acids is 1. The van der Waals surface area contributed by atoms with E-state index in [9.17, 15) is 4.79 Å². The van der Waals surface area contributed by atoms with Gasteiger partial charge in [-0.25, -0.2) is 9.48 Å². The van der Waals surface area contributed by atoms with Crippen molar-refractivity contribution in [2.24, 2.45) is 0 Å². The number of hydrogen-bond donors (Lipinski definition) is 1. The Kier molecular flexibility index (Phi) is 5.08. The Morgan fingerprint density at radius 1 is 1.55 bits per heavy atom. The van der Waals surface area contributed by atoms with Gasteiger partial charge in [-0.15, -0.1) is 0 Å². The molecule has 0 saturated carbocycles. The Labute approximate surface area is 131 Å². The number of aromatic nitrogens is 2. The van der Waals surface area contributed by atoms with Crippen molar-refractivity contribution in [1.82, 2.24) is 14.7 Å². The number of nitrogen functional groups attached to an aromatic ring is 1. The van der Waals surface area contributed by atoms with Crippen molar-refractivity contribution in [3.63, 3.8) is 0 Å². The summed E-state index contributed by atoms with van der Waals surface area (Å²) in [4.78, 5) is 14.1. The number of morpholine rings is 1. The molecule has 2 heterocycles. The predicted octanol–water partition coefficient (Wildman–Crippen LogP) is 1.14. The van der Waals surface area contributed by atoms with E-state index < -0.39 is 5.97 Å². The van der Waals surface area contributed by atoms with Crippen LogP contribution >= 0.6 is 0 Å². The zero-order valence-electron chi connectivity index (χ0n) is 13.8. The summed E-state index contributed by atoms with van der Waals surface area (Å²) in [5.41, 5.74) is 6.17. The number of hydrogen-bond acceptors (Lipinski definition) is 6. The van der Waals surface area contributed by atoms with Gasteiger partial charge in [0.05, 0.1) is 31.1 Å². The van der Waals surface area contributed by atoms with Crippen LogP contribution in [0.25, 0.3) is 0 Å². The third-order valence-electron chi connectivity index (χ3n) is 3.64. The molecule has 7 nitrogen and oxygen atoms in total. The lowest BCUT2D eigenvalue weighted by atomic mass is 10.1. The molecule has 1 aromatic rings. The molecule has 1 atom stereocenters. The third-order valence-corrected chi connectivity index (χ3v) is 3.64. The topological polar surface area (TPSA) is 82.6 Å². The second-order valence-corrected chi connectivity index (χ2v) is 6.31. The average molecular weight is 310 g/mol. The van der Waals surface area contributed by atoms with Crippen molar-refractivity contribution in [3.8, 4) is 0 Å². The molecule has 1 saturated heterocycles. The maximum Gasteiger partial charge on any atom is 0.343 e. The maximum atomic E-state index is 11.7. The van der Waals surface area contributed by atoms with Crippen molar-refractivity contribution >= 4 is 11.8 Å². The lowest BCUT2D eigenvalue weighted by Crippen LogP contribution is -2.52. The average Bonchev–Trinajstić information content (AvgIpc) is 2.76. The molecule has 1 fully saturated rings. The second kappa shape index (κ2) is 6.66. The van der Waals surface area contributed by atoms with E-state index in [1.165, 1.54) is 6.20 Å². The van der Waals surface area contributed by atoms with Crippen molar-refractivity contribution in [2.45, 2.75) is 45.9 Å². The molecule has 1 aliphatic rings. The Bertz CT molecular complexity index is 527. The van der Waals surface area contributed by atoms with Crippen LogP contribution in [-0.4, -0.2) is 58.6 Å². The van der Waals surface area contributed by atoms with Crippen LogP contribution in [0, 0.1) is 0 Å². The summed E-state index contributed by atoms with van der Waals surface area (Å²) in [5, 5.41) is 4.19. The maximum absolute atomic E-state index is 11.7. The molecular weight excluding hydrogens is 284 g/mol. The van der Waals surface area contributed by atoms with Gasteiger partial charge in [0.2, 0.25) is 0 Å². The first-order chi connectivity index (χ1) is 10.3. The molecule has 7 heteroatoms. The Balaban J connectivity index is 1.96. The van der Waals surface area contributed by atoms with Gasteiger partial charge in [-0.3, -0.25) is 4.90 Å². The first-order valence-electron chi connectivity index (χ1n) is 7.71. The van der Waals surface area contributed by atoms with E-state index in [2.05, 4.69) is 30.8 Å². The molecule has 0 radical (unpaired) electrons. The largest absolute Gasteiger partial charge is 0.462 e. The third kappa shape index (κ3) is 3.98. The van der Waals surface area contributed by atoms with E-state index in [1.807, 2.05) is 0 Å². The fourth-order valence-electron chi connectivity index (χ4n) is 2.93. The molecule has 0 aliphatic carbocycles. The van der Waals surface area contributed by atoms with Gasteiger partial charge in [0, 0.05) is 19.6 Å². The standard InChI is InChI=1S/C15H26N4O3/c1-5-21-14(20)12-8-17-19(13(12)16)7-6-18-9-11(2)22-15(3,4)10-18/h8,11H,5-7,9-10,16H2,1-4H3/t11-/m0/s1. The van der Waals surface area contributed by atoms with Gasteiger partial charge in [0.1, 0.15) is 11.4 Å². The van der Waals surface area contributed by atoms with Gasteiger partial charge in [-0.1, -0.05) is 0 Å². The van der Waals surface area contributed by atoms with Crippen LogP contribution in [-0.2, 0) is 16.0 Å². The van der Waals surface area contributed by atoms with E-state index >= 15 is 0 Å². The molecule has 0 unspecified atom stereocenters. The van der Waals surface area contributed by atoms with Crippen LogP contribution in [0.15, 0.2) is 6.20 Å². The van der Waals surface area contributed by atoms with Crippen molar-refractivity contribution in [2.75, 3.05) is 32.0 Å². The minimum absolute atomic E-state index is 0.149.